The van der Waals surface area contributed by atoms with Crippen molar-refractivity contribution in [2.24, 2.45) is 0 Å². The quantitative estimate of drug-likeness (QED) is 0.864. The van der Waals surface area contributed by atoms with E-state index in [1.54, 1.807) is 7.11 Å². The summed E-state index contributed by atoms with van der Waals surface area (Å²) in [5.74, 6) is -0.545. The molecule has 112 valence electrons. The lowest BCUT2D eigenvalue weighted by molar-refractivity contribution is -0.140. The van der Waals surface area contributed by atoms with E-state index >= 15 is 0 Å². The van der Waals surface area contributed by atoms with Gasteiger partial charge in [0.15, 0.2) is 0 Å². The van der Waals surface area contributed by atoms with Gasteiger partial charge in [0.25, 0.3) is 5.91 Å². The van der Waals surface area contributed by atoms with E-state index in [0.29, 0.717) is 23.0 Å². The molecule has 7 heteroatoms. The third-order valence-corrected chi connectivity index (χ3v) is 4.00. The molecular formula is C13H17BrClFN2O2. The van der Waals surface area contributed by atoms with Crippen molar-refractivity contribution >= 4 is 39.9 Å². The van der Waals surface area contributed by atoms with E-state index in [1.165, 1.54) is 18.2 Å². The maximum absolute atomic E-state index is 13.1. The molecule has 1 fully saturated rings. The highest BCUT2D eigenvalue weighted by atomic mass is 79.9. The second-order valence-corrected chi connectivity index (χ2v) is 5.39. The highest BCUT2D eigenvalue weighted by Gasteiger charge is 2.39. The number of rotatable bonds is 3. The highest BCUT2D eigenvalue weighted by molar-refractivity contribution is 9.10. The number of ether oxygens (including phenoxy) is 1. The molecule has 0 bridgehead atoms. The first-order valence-corrected chi connectivity index (χ1v) is 6.89. The normalized spacial score (nSPS) is 17.1. The number of carbonyl (C=O) groups is 1. The van der Waals surface area contributed by atoms with Crippen LogP contribution in [0.4, 0.5) is 10.1 Å². The van der Waals surface area contributed by atoms with Crippen molar-refractivity contribution in [3.05, 3.63) is 28.5 Å². The fourth-order valence-electron chi connectivity index (χ4n) is 2.17. The van der Waals surface area contributed by atoms with E-state index in [1.807, 2.05) is 0 Å². The summed E-state index contributed by atoms with van der Waals surface area (Å²) in [5.41, 5.74) is -0.250. The number of hydrogen-bond donors (Lipinski definition) is 2. The largest absolute Gasteiger partial charge is 0.368 e. The fraction of sp³-hybridized carbons (Fsp3) is 0.462. The second kappa shape index (κ2) is 7.36. The molecule has 4 nitrogen and oxygen atoms in total. The number of amides is 1. The molecule has 1 aliphatic heterocycles. The third kappa shape index (κ3) is 3.69. The summed E-state index contributed by atoms with van der Waals surface area (Å²) in [5, 5.41) is 5.98. The maximum Gasteiger partial charge on any atom is 0.256 e. The van der Waals surface area contributed by atoms with Crippen LogP contribution in [0, 0.1) is 5.82 Å². The van der Waals surface area contributed by atoms with Crippen LogP contribution in [0.2, 0.25) is 0 Å². The summed E-state index contributed by atoms with van der Waals surface area (Å²) < 4.78 is 18.9. The van der Waals surface area contributed by atoms with Crippen LogP contribution < -0.4 is 10.6 Å². The summed E-state index contributed by atoms with van der Waals surface area (Å²) >= 11 is 3.09. The van der Waals surface area contributed by atoms with E-state index in [4.69, 9.17) is 4.74 Å². The van der Waals surface area contributed by atoms with Crippen molar-refractivity contribution in [2.45, 2.75) is 18.4 Å². The maximum atomic E-state index is 13.1. The first kappa shape index (κ1) is 17.4. The molecule has 1 amide bonds. The van der Waals surface area contributed by atoms with Gasteiger partial charge >= 0.3 is 0 Å². The SMILES string of the molecule is COC1(C(=O)Nc2ccc(F)c(Br)c2)CCNCC1.Cl. The Bertz CT molecular complexity index is 481. The van der Waals surface area contributed by atoms with Crippen molar-refractivity contribution < 1.29 is 13.9 Å². The van der Waals surface area contributed by atoms with Gasteiger partial charge in [-0.25, -0.2) is 4.39 Å². The number of carbonyl (C=O) groups excluding carboxylic acids is 1. The average Bonchev–Trinajstić information content (AvgIpc) is 2.43. The molecule has 0 unspecified atom stereocenters. The molecule has 0 radical (unpaired) electrons. The minimum absolute atomic E-state index is 0. The Labute approximate surface area is 132 Å². The monoisotopic (exact) mass is 366 g/mol. The van der Waals surface area contributed by atoms with Crippen LogP contribution in [0.25, 0.3) is 0 Å². The van der Waals surface area contributed by atoms with Crippen molar-refractivity contribution in [3.63, 3.8) is 0 Å². The molecule has 0 atom stereocenters. The van der Waals surface area contributed by atoms with Gasteiger partial charge in [-0.1, -0.05) is 0 Å². The lowest BCUT2D eigenvalue weighted by Gasteiger charge is -2.34. The van der Waals surface area contributed by atoms with Crippen molar-refractivity contribution in [1.29, 1.82) is 0 Å². The van der Waals surface area contributed by atoms with Crippen LogP contribution in [0.3, 0.4) is 0 Å². The molecule has 0 aliphatic carbocycles. The number of anilines is 1. The van der Waals surface area contributed by atoms with E-state index < -0.39 is 5.60 Å². The van der Waals surface area contributed by atoms with Crippen LogP contribution in [-0.2, 0) is 9.53 Å². The van der Waals surface area contributed by atoms with Crippen LogP contribution in [-0.4, -0.2) is 31.7 Å². The molecule has 2 N–H and O–H groups in total. The summed E-state index contributed by atoms with van der Waals surface area (Å²) in [6, 6.07) is 4.38. The zero-order chi connectivity index (χ0) is 13.9. The van der Waals surface area contributed by atoms with Gasteiger partial charge in [0.2, 0.25) is 0 Å². The van der Waals surface area contributed by atoms with Gasteiger partial charge in [-0.3, -0.25) is 4.79 Å². The highest BCUT2D eigenvalue weighted by Crippen LogP contribution is 2.26. The Morgan fingerprint density at radius 3 is 2.65 bits per heavy atom. The third-order valence-electron chi connectivity index (χ3n) is 3.39. The minimum Gasteiger partial charge on any atom is -0.368 e. The van der Waals surface area contributed by atoms with Crippen LogP contribution in [0.15, 0.2) is 22.7 Å². The lowest BCUT2D eigenvalue weighted by atomic mass is 9.91. The standard InChI is InChI=1S/C13H16BrFN2O2.ClH/c1-19-13(4-6-16-7-5-13)12(18)17-9-2-3-11(15)10(14)8-9;/h2-3,8,16H,4-7H2,1H3,(H,17,18);1H. The number of halogens is 3. The van der Waals surface area contributed by atoms with E-state index in [-0.39, 0.29) is 24.1 Å². The number of nitrogens with one attached hydrogen (secondary N) is 2. The van der Waals surface area contributed by atoms with Crippen LogP contribution in [0.1, 0.15) is 12.8 Å². The van der Waals surface area contributed by atoms with Crippen LogP contribution >= 0.6 is 28.3 Å². The molecule has 1 aliphatic rings. The summed E-state index contributed by atoms with van der Waals surface area (Å²) in [6.45, 7) is 1.49. The minimum atomic E-state index is -0.799. The Morgan fingerprint density at radius 1 is 1.45 bits per heavy atom. The molecule has 0 aromatic heterocycles. The van der Waals surface area contributed by atoms with Crippen molar-refractivity contribution in [2.75, 3.05) is 25.5 Å². The Kier molecular flexibility index (Phi) is 6.39. The van der Waals surface area contributed by atoms with Crippen LogP contribution in [0.5, 0.6) is 0 Å². The van der Waals surface area contributed by atoms with Gasteiger partial charge in [0.1, 0.15) is 11.4 Å². The molecular weight excluding hydrogens is 351 g/mol. The molecule has 1 aromatic carbocycles. The topological polar surface area (TPSA) is 50.4 Å². The zero-order valence-electron chi connectivity index (χ0n) is 11.0. The average molecular weight is 368 g/mol. The molecule has 1 saturated heterocycles. The van der Waals surface area contributed by atoms with Gasteiger partial charge in [0, 0.05) is 12.8 Å². The van der Waals surface area contributed by atoms with Crippen molar-refractivity contribution in [1.82, 2.24) is 5.32 Å². The number of benzene rings is 1. The van der Waals surface area contributed by atoms with E-state index in [9.17, 15) is 9.18 Å². The number of methoxy groups -OCH3 is 1. The van der Waals surface area contributed by atoms with Gasteiger partial charge in [-0.15, -0.1) is 12.4 Å². The Hall–Kier alpha value is -0.690. The summed E-state index contributed by atoms with van der Waals surface area (Å²) in [7, 11) is 1.55. The zero-order valence-corrected chi connectivity index (χ0v) is 13.4. The first-order chi connectivity index (χ1) is 9.07. The van der Waals surface area contributed by atoms with Crippen molar-refractivity contribution in [3.8, 4) is 0 Å². The lowest BCUT2D eigenvalue weighted by Crippen LogP contribution is -2.51. The fourth-order valence-corrected chi connectivity index (χ4v) is 2.55. The summed E-state index contributed by atoms with van der Waals surface area (Å²) in [4.78, 5) is 12.3. The smallest absolute Gasteiger partial charge is 0.256 e. The number of hydrogen-bond acceptors (Lipinski definition) is 3. The molecule has 1 heterocycles. The molecule has 20 heavy (non-hydrogen) atoms. The predicted molar refractivity (Wildman–Crippen MR) is 81.8 cm³/mol. The second-order valence-electron chi connectivity index (χ2n) is 4.53. The van der Waals surface area contributed by atoms with Gasteiger partial charge in [-0.2, -0.15) is 0 Å². The molecule has 0 spiro atoms. The predicted octanol–water partition coefficient (Wildman–Crippen LogP) is 2.72. The molecule has 2 rings (SSSR count). The molecule has 0 saturated carbocycles. The van der Waals surface area contributed by atoms with E-state index in [0.717, 1.165) is 13.1 Å². The number of piperidine rings is 1. The van der Waals surface area contributed by atoms with E-state index in [2.05, 4.69) is 26.6 Å². The molecule has 1 aromatic rings. The Morgan fingerprint density at radius 2 is 2.10 bits per heavy atom. The van der Waals surface area contributed by atoms with Gasteiger partial charge < -0.3 is 15.4 Å². The summed E-state index contributed by atoms with van der Waals surface area (Å²) in [6.07, 6.45) is 1.25. The first-order valence-electron chi connectivity index (χ1n) is 6.10. The Balaban J connectivity index is 0.00000200. The van der Waals surface area contributed by atoms with Gasteiger partial charge in [0.05, 0.1) is 4.47 Å². The van der Waals surface area contributed by atoms with Gasteiger partial charge in [-0.05, 0) is 60.1 Å².